The number of hydrogen-bond donors (Lipinski definition) is 1. The predicted molar refractivity (Wildman–Crippen MR) is 109 cm³/mol. The molecule has 0 aliphatic carbocycles. The van der Waals surface area contributed by atoms with E-state index in [0.29, 0.717) is 20.6 Å². The molecule has 1 heterocycles. The first-order chi connectivity index (χ1) is 12.5. The smallest absolute Gasteiger partial charge is 0.270 e. The van der Waals surface area contributed by atoms with Crippen molar-refractivity contribution in [3.8, 4) is 5.75 Å². The number of ether oxygens (including phenoxy) is 1. The molecule has 26 heavy (non-hydrogen) atoms. The maximum Gasteiger partial charge on any atom is 0.270 e. The van der Waals surface area contributed by atoms with Crippen LogP contribution in [0.3, 0.4) is 0 Å². The molecule has 0 bridgehead atoms. The lowest BCUT2D eigenvalue weighted by atomic mass is 10.2. The van der Waals surface area contributed by atoms with Crippen LogP contribution in [0.25, 0.3) is 6.08 Å². The van der Waals surface area contributed by atoms with Gasteiger partial charge in [-0.3, -0.25) is 14.5 Å². The fourth-order valence-electron chi connectivity index (χ4n) is 2.47. The van der Waals surface area contributed by atoms with E-state index in [2.05, 4.69) is 5.32 Å². The van der Waals surface area contributed by atoms with Crippen LogP contribution < -0.4 is 15.0 Å². The highest BCUT2D eigenvalue weighted by molar-refractivity contribution is 8.27. The first-order valence-corrected chi connectivity index (χ1v) is 9.00. The molecule has 2 amide bonds. The summed E-state index contributed by atoms with van der Waals surface area (Å²) in [4.78, 5) is 25.9. The van der Waals surface area contributed by atoms with E-state index in [1.54, 1.807) is 37.5 Å². The number of thiocarbonyl (C=S) groups is 1. The van der Waals surface area contributed by atoms with Crippen LogP contribution in [0.5, 0.6) is 5.75 Å². The fourth-order valence-corrected chi connectivity index (χ4v) is 3.77. The zero-order chi connectivity index (χ0) is 18.7. The average molecular weight is 384 g/mol. The Bertz CT molecular complexity index is 907. The van der Waals surface area contributed by atoms with Crippen LogP contribution >= 0.6 is 24.0 Å². The largest absolute Gasteiger partial charge is 0.497 e. The van der Waals surface area contributed by atoms with E-state index >= 15 is 0 Å². The average Bonchev–Trinajstić information content (AvgIpc) is 2.89. The Kier molecular flexibility index (Phi) is 5.39. The van der Waals surface area contributed by atoms with Crippen LogP contribution in [0.1, 0.15) is 12.5 Å². The molecule has 1 aliphatic rings. The van der Waals surface area contributed by atoms with E-state index in [-0.39, 0.29) is 11.8 Å². The number of carbonyl (C=O) groups is 2. The first kappa shape index (κ1) is 18.2. The Balaban J connectivity index is 1.84. The molecule has 1 aliphatic heterocycles. The summed E-state index contributed by atoms with van der Waals surface area (Å²) in [5.41, 5.74) is 2.19. The number of thioether (sulfide) groups is 1. The number of methoxy groups -OCH3 is 1. The number of carbonyl (C=O) groups excluding carboxylic acids is 2. The van der Waals surface area contributed by atoms with E-state index in [9.17, 15) is 9.59 Å². The minimum absolute atomic E-state index is 0.149. The molecule has 0 aromatic heterocycles. The SMILES string of the molecule is COc1cccc(C=C2SC(=S)N(c3ccc(NC(C)=O)cc3)C2=O)c1. The van der Waals surface area contributed by atoms with Crippen LogP contribution in [-0.2, 0) is 9.59 Å². The number of nitrogens with one attached hydrogen (secondary N) is 1. The summed E-state index contributed by atoms with van der Waals surface area (Å²) >= 11 is 6.64. The summed E-state index contributed by atoms with van der Waals surface area (Å²) in [7, 11) is 1.60. The third kappa shape index (κ3) is 3.95. The van der Waals surface area contributed by atoms with Gasteiger partial charge in [0.15, 0.2) is 4.32 Å². The van der Waals surface area contributed by atoms with Gasteiger partial charge in [0.2, 0.25) is 5.91 Å². The summed E-state index contributed by atoms with van der Waals surface area (Å²) in [5.74, 6) is 0.405. The normalized spacial score (nSPS) is 15.5. The Morgan fingerprint density at radius 2 is 1.96 bits per heavy atom. The molecule has 0 atom stereocenters. The summed E-state index contributed by atoms with van der Waals surface area (Å²) in [6.07, 6.45) is 1.80. The lowest BCUT2D eigenvalue weighted by Gasteiger charge is -2.15. The summed E-state index contributed by atoms with van der Waals surface area (Å²) in [6.45, 7) is 1.44. The quantitative estimate of drug-likeness (QED) is 0.636. The molecular weight excluding hydrogens is 368 g/mol. The van der Waals surface area contributed by atoms with Gasteiger partial charge in [-0.25, -0.2) is 0 Å². The molecule has 1 N–H and O–H groups in total. The Labute approximate surface area is 161 Å². The van der Waals surface area contributed by atoms with Crippen molar-refractivity contribution in [3.63, 3.8) is 0 Å². The first-order valence-electron chi connectivity index (χ1n) is 7.77. The van der Waals surface area contributed by atoms with Crippen molar-refractivity contribution >= 4 is 57.6 Å². The van der Waals surface area contributed by atoms with Crippen molar-refractivity contribution in [1.82, 2.24) is 0 Å². The van der Waals surface area contributed by atoms with Crippen molar-refractivity contribution in [1.29, 1.82) is 0 Å². The number of amides is 2. The van der Waals surface area contributed by atoms with E-state index < -0.39 is 0 Å². The third-order valence-electron chi connectivity index (χ3n) is 3.63. The highest BCUT2D eigenvalue weighted by atomic mass is 32.2. The van der Waals surface area contributed by atoms with Gasteiger partial charge in [0.25, 0.3) is 5.91 Å². The Morgan fingerprint density at radius 1 is 1.23 bits per heavy atom. The Hall–Kier alpha value is -2.64. The molecule has 0 spiro atoms. The van der Waals surface area contributed by atoms with Gasteiger partial charge in [0, 0.05) is 12.6 Å². The maximum atomic E-state index is 12.8. The number of hydrogen-bond acceptors (Lipinski definition) is 5. The summed E-state index contributed by atoms with van der Waals surface area (Å²) < 4.78 is 5.68. The second-order valence-corrected chi connectivity index (χ2v) is 7.20. The number of benzene rings is 2. The van der Waals surface area contributed by atoms with E-state index in [4.69, 9.17) is 17.0 Å². The van der Waals surface area contributed by atoms with Crippen LogP contribution in [-0.4, -0.2) is 23.2 Å². The number of nitrogens with zero attached hydrogens (tertiary/aromatic N) is 1. The van der Waals surface area contributed by atoms with Gasteiger partial charge in [0.05, 0.1) is 17.7 Å². The second-order valence-electron chi connectivity index (χ2n) is 5.52. The van der Waals surface area contributed by atoms with Gasteiger partial charge in [-0.2, -0.15) is 0 Å². The van der Waals surface area contributed by atoms with E-state index in [1.165, 1.54) is 23.6 Å². The minimum Gasteiger partial charge on any atom is -0.497 e. The van der Waals surface area contributed by atoms with Gasteiger partial charge < -0.3 is 10.1 Å². The fraction of sp³-hybridized carbons (Fsp3) is 0.105. The van der Waals surface area contributed by atoms with Crippen LogP contribution in [0, 0.1) is 0 Å². The van der Waals surface area contributed by atoms with Crippen molar-refractivity contribution in [2.45, 2.75) is 6.92 Å². The van der Waals surface area contributed by atoms with Crippen molar-refractivity contribution in [3.05, 3.63) is 59.0 Å². The van der Waals surface area contributed by atoms with Crippen LogP contribution in [0.4, 0.5) is 11.4 Å². The summed E-state index contributed by atoms with van der Waals surface area (Å²) in [5, 5.41) is 2.69. The van der Waals surface area contributed by atoms with Crippen molar-refractivity contribution in [2.24, 2.45) is 0 Å². The monoisotopic (exact) mass is 384 g/mol. The summed E-state index contributed by atoms with van der Waals surface area (Å²) in [6, 6.07) is 14.5. The molecule has 0 unspecified atom stereocenters. The van der Waals surface area contributed by atoms with Gasteiger partial charge in [-0.1, -0.05) is 36.1 Å². The van der Waals surface area contributed by atoms with Crippen molar-refractivity contribution in [2.75, 3.05) is 17.3 Å². The van der Waals surface area contributed by atoms with Crippen LogP contribution in [0.15, 0.2) is 53.4 Å². The lowest BCUT2D eigenvalue weighted by Crippen LogP contribution is -2.27. The molecule has 3 rings (SSSR count). The maximum absolute atomic E-state index is 12.8. The van der Waals surface area contributed by atoms with Gasteiger partial charge in [0.1, 0.15) is 5.75 Å². The molecular formula is C19H16N2O3S2. The molecule has 0 radical (unpaired) electrons. The third-order valence-corrected chi connectivity index (χ3v) is 4.93. The molecule has 2 aromatic rings. The Morgan fingerprint density at radius 3 is 2.62 bits per heavy atom. The molecule has 5 nitrogen and oxygen atoms in total. The van der Waals surface area contributed by atoms with Crippen molar-refractivity contribution < 1.29 is 14.3 Å². The zero-order valence-corrected chi connectivity index (χ0v) is 15.8. The molecule has 2 aromatic carbocycles. The van der Waals surface area contributed by atoms with Gasteiger partial charge in [-0.15, -0.1) is 0 Å². The van der Waals surface area contributed by atoms with Gasteiger partial charge in [-0.05, 0) is 48.0 Å². The van der Waals surface area contributed by atoms with Gasteiger partial charge >= 0.3 is 0 Å². The zero-order valence-electron chi connectivity index (χ0n) is 14.2. The lowest BCUT2D eigenvalue weighted by molar-refractivity contribution is -0.114. The topological polar surface area (TPSA) is 58.6 Å². The molecule has 132 valence electrons. The van der Waals surface area contributed by atoms with Crippen LogP contribution in [0.2, 0.25) is 0 Å². The highest BCUT2D eigenvalue weighted by Crippen LogP contribution is 2.36. The second kappa shape index (κ2) is 7.72. The predicted octanol–water partition coefficient (Wildman–Crippen LogP) is 4.06. The molecule has 0 saturated carbocycles. The molecule has 1 saturated heterocycles. The molecule has 1 fully saturated rings. The van der Waals surface area contributed by atoms with E-state index in [1.807, 2.05) is 24.3 Å². The van der Waals surface area contributed by atoms with E-state index in [0.717, 1.165) is 11.3 Å². The standard InChI is InChI=1S/C19H16N2O3S2/c1-12(22)20-14-6-8-15(9-7-14)21-18(23)17(26-19(21)25)11-13-4-3-5-16(10-13)24-2/h3-11H,1-2H3,(H,20,22). The number of rotatable bonds is 4. The molecule has 7 heteroatoms. The minimum atomic E-state index is -0.171. The number of anilines is 2. The highest BCUT2D eigenvalue weighted by Gasteiger charge is 2.33.